The van der Waals surface area contributed by atoms with E-state index < -0.39 is 0 Å². The molecule has 0 aliphatic carbocycles. The molecule has 1 aliphatic rings. The second-order valence-corrected chi connectivity index (χ2v) is 6.58. The lowest BCUT2D eigenvalue weighted by molar-refractivity contribution is 0.353. The number of ether oxygens (including phenoxy) is 2. The largest absolute Gasteiger partial charge is 0.493 e. The molecule has 0 spiro atoms. The van der Waals surface area contributed by atoms with Crippen LogP contribution in [0.2, 0.25) is 0 Å². The SMILES string of the molecule is C=C1C=CC(/C(=C/C)NC(=NC)SC)=CN1Cc1ccc(OC)c(OC)c1. The number of hydrogen-bond donors (Lipinski definition) is 1. The second-order valence-electron chi connectivity index (χ2n) is 5.79. The molecule has 0 fully saturated rings. The Morgan fingerprint density at radius 2 is 2.00 bits per heavy atom. The number of rotatable bonds is 6. The molecule has 144 valence electrons. The number of thioether (sulfide) groups is 1. The summed E-state index contributed by atoms with van der Waals surface area (Å²) in [4.78, 5) is 6.36. The van der Waals surface area contributed by atoms with Crippen molar-refractivity contribution in [3.8, 4) is 11.5 Å². The van der Waals surface area contributed by atoms with E-state index in [-0.39, 0.29) is 0 Å². The quantitative estimate of drug-likeness (QED) is 0.584. The summed E-state index contributed by atoms with van der Waals surface area (Å²) in [6.07, 6.45) is 10.2. The van der Waals surface area contributed by atoms with E-state index in [1.54, 1.807) is 33.0 Å². The first-order valence-electron chi connectivity index (χ1n) is 8.57. The Bertz CT molecular complexity index is 810. The van der Waals surface area contributed by atoms with Gasteiger partial charge in [-0.05, 0) is 43.0 Å². The van der Waals surface area contributed by atoms with Gasteiger partial charge in [0.15, 0.2) is 16.7 Å². The summed E-state index contributed by atoms with van der Waals surface area (Å²) in [7, 11) is 5.06. The van der Waals surface area contributed by atoms with Crippen molar-refractivity contribution in [3.63, 3.8) is 0 Å². The number of nitrogens with one attached hydrogen (secondary N) is 1. The van der Waals surface area contributed by atoms with Crippen LogP contribution in [-0.4, -0.2) is 37.6 Å². The van der Waals surface area contributed by atoms with Crippen molar-refractivity contribution in [2.24, 2.45) is 4.99 Å². The van der Waals surface area contributed by atoms with Gasteiger partial charge in [-0.15, -0.1) is 0 Å². The number of methoxy groups -OCH3 is 2. The maximum atomic E-state index is 5.41. The molecule has 0 radical (unpaired) electrons. The summed E-state index contributed by atoms with van der Waals surface area (Å²) in [6.45, 7) is 6.84. The third kappa shape index (κ3) is 5.20. The molecule has 1 aliphatic heterocycles. The zero-order valence-corrected chi connectivity index (χ0v) is 17.4. The first-order chi connectivity index (χ1) is 13.1. The number of hydrogen-bond acceptors (Lipinski definition) is 5. The smallest absolute Gasteiger partial charge is 0.161 e. The summed E-state index contributed by atoms with van der Waals surface area (Å²) < 4.78 is 10.7. The zero-order valence-electron chi connectivity index (χ0n) is 16.6. The predicted octanol–water partition coefficient (Wildman–Crippen LogP) is 4.32. The minimum absolute atomic E-state index is 0.682. The Hall–Kier alpha value is -2.60. The van der Waals surface area contributed by atoms with E-state index in [4.69, 9.17) is 9.47 Å². The molecule has 1 aromatic carbocycles. The van der Waals surface area contributed by atoms with Gasteiger partial charge in [0.25, 0.3) is 0 Å². The van der Waals surface area contributed by atoms with Crippen LogP contribution in [0.3, 0.4) is 0 Å². The Morgan fingerprint density at radius 1 is 1.26 bits per heavy atom. The molecule has 1 aromatic rings. The van der Waals surface area contributed by atoms with Crippen LogP contribution in [0.25, 0.3) is 0 Å². The van der Waals surface area contributed by atoms with E-state index in [0.717, 1.165) is 39.2 Å². The lowest BCUT2D eigenvalue weighted by Gasteiger charge is -2.26. The van der Waals surface area contributed by atoms with Crippen LogP contribution in [0.1, 0.15) is 12.5 Å². The monoisotopic (exact) mass is 385 g/mol. The second kappa shape index (κ2) is 9.92. The van der Waals surface area contributed by atoms with Crippen molar-refractivity contribution in [2.45, 2.75) is 13.5 Å². The number of aliphatic imine (C=N–C) groups is 1. The zero-order chi connectivity index (χ0) is 19.8. The van der Waals surface area contributed by atoms with Crippen LogP contribution in [0, 0.1) is 0 Å². The highest BCUT2D eigenvalue weighted by Gasteiger charge is 2.14. The highest BCUT2D eigenvalue weighted by atomic mass is 32.2. The highest BCUT2D eigenvalue weighted by Crippen LogP contribution is 2.29. The predicted molar refractivity (Wildman–Crippen MR) is 115 cm³/mol. The molecule has 5 nitrogen and oxygen atoms in total. The first kappa shape index (κ1) is 20.7. The average Bonchev–Trinajstić information content (AvgIpc) is 2.70. The fourth-order valence-corrected chi connectivity index (χ4v) is 3.08. The summed E-state index contributed by atoms with van der Waals surface area (Å²) in [5, 5.41) is 4.24. The summed E-state index contributed by atoms with van der Waals surface area (Å²) in [6, 6.07) is 5.94. The van der Waals surface area contributed by atoms with Crippen molar-refractivity contribution < 1.29 is 9.47 Å². The maximum absolute atomic E-state index is 5.41. The third-order valence-electron chi connectivity index (χ3n) is 4.16. The third-order valence-corrected chi connectivity index (χ3v) is 4.83. The van der Waals surface area contributed by atoms with E-state index in [2.05, 4.69) is 34.1 Å². The fourth-order valence-electron chi connectivity index (χ4n) is 2.68. The molecule has 0 atom stereocenters. The Labute approximate surface area is 166 Å². The highest BCUT2D eigenvalue weighted by molar-refractivity contribution is 8.13. The summed E-state index contributed by atoms with van der Waals surface area (Å²) in [5.74, 6) is 1.44. The average molecular weight is 386 g/mol. The van der Waals surface area contributed by atoms with Crippen molar-refractivity contribution in [2.75, 3.05) is 27.5 Å². The molecule has 0 saturated heterocycles. The number of amidine groups is 1. The van der Waals surface area contributed by atoms with Gasteiger partial charge < -0.3 is 19.7 Å². The lowest BCUT2D eigenvalue weighted by Crippen LogP contribution is -2.24. The fraction of sp³-hybridized carbons (Fsp3) is 0.286. The molecule has 0 aromatic heterocycles. The van der Waals surface area contributed by atoms with Crippen LogP contribution >= 0.6 is 11.8 Å². The number of allylic oxidation sites excluding steroid dienone is 3. The van der Waals surface area contributed by atoms with E-state index in [1.807, 2.05) is 43.5 Å². The van der Waals surface area contributed by atoms with Crippen molar-refractivity contribution in [1.82, 2.24) is 10.2 Å². The van der Waals surface area contributed by atoms with E-state index in [0.29, 0.717) is 6.54 Å². The lowest BCUT2D eigenvalue weighted by atomic mass is 10.1. The molecular weight excluding hydrogens is 358 g/mol. The van der Waals surface area contributed by atoms with Gasteiger partial charge in [-0.25, -0.2) is 0 Å². The van der Waals surface area contributed by atoms with Gasteiger partial charge in [0.2, 0.25) is 0 Å². The molecule has 27 heavy (non-hydrogen) atoms. The van der Waals surface area contributed by atoms with Gasteiger partial charge in [-0.2, -0.15) is 0 Å². The molecule has 0 unspecified atom stereocenters. The van der Waals surface area contributed by atoms with Gasteiger partial charge >= 0.3 is 0 Å². The summed E-state index contributed by atoms with van der Waals surface area (Å²) >= 11 is 1.58. The normalized spacial score (nSPS) is 14.9. The number of benzene rings is 1. The van der Waals surface area contributed by atoms with E-state index >= 15 is 0 Å². The van der Waals surface area contributed by atoms with Gasteiger partial charge in [-0.1, -0.05) is 30.5 Å². The molecule has 2 rings (SSSR count). The Balaban J connectivity index is 2.24. The topological polar surface area (TPSA) is 46.1 Å². The van der Waals surface area contributed by atoms with Crippen LogP contribution in [-0.2, 0) is 6.54 Å². The van der Waals surface area contributed by atoms with Crippen LogP contribution < -0.4 is 14.8 Å². The van der Waals surface area contributed by atoms with E-state index in [1.165, 1.54) is 0 Å². The van der Waals surface area contributed by atoms with Crippen LogP contribution in [0.4, 0.5) is 0 Å². The van der Waals surface area contributed by atoms with Gasteiger partial charge in [0, 0.05) is 36.8 Å². The molecule has 6 heteroatoms. The molecule has 1 heterocycles. The molecule has 0 bridgehead atoms. The van der Waals surface area contributed by atoms with Crippen molar-refractivity contribution in [3.05, 3.63) is 71.7 Å². The van der Waals surface area contributed by atoms with Crippen molar-refractivity contribution >= 4 is 16.9 Å². The van der Waals surface area contributed by atoms with Gasteiger partial charge in [-0.3, -0.25) is 4.99 Å². The molecule has 0 saturated carbocycles. The van der Waals surface area contributed by atoms with Gasteiger partial charge in [0.1, 0.15) is 0 Å². The van der Waals surface area contributed by atoms with Crippen LogP contribution in [0.15, 0.2) is 71.2 Å². The minimum Gasteiger partial charge on any atom is -0.493 e. The van der Waals surface area contributed by atoms with Crippen molar-refractivity contribution in [1.29, 1.82) is 0 Å². The summed E-state index contributed by atoms with van der Waals surface area (Å²) in [5.41, 5.74) is 4.11. The Morgan fingerprint density at radius 3 is 2.59 bits per heavy atom. The number of nitrogens with zero attached hydrogens (tertiary/aromatic N) is 2. The molecule has 0 amide bonds. The first-order valence-corrected chi connectivity index (χ1v) is 9.79. The van der Waals surface area contributed by atoms with E-state index in [9.17, 15) is 0 Å². The van der Waals surface area contributed by atoms with Crippen LogP contribution in [0.5, 0.6) is 11.5 Å². The standard InChI is InChI=1S/C21H27N3O2S/c1-7-18(23-21(22-3)27-6)17-10-8-15(2)24(14-17)13-16-9-11-19(25-4)20(12-16)26-5/h7-12,14H,2,13H2,1,3-6H3,(H,22,23)/b18-7-. The minimum atomic E-state index is 0.682. The van der Waals surface area contributed by atoms with Gasteiger partial charge in [0.05, 0.1) is 14.2 Å². The molecular formula is C21H27N3O2S. The maximum Gasteiger partial charge on any atom is 0.161 e. The molecule has 1 N–H and O–H groups in total. The Kier molecular flexibility index (Phi) is 7.61.